The molecule has 3 aromatic rings. The summed E-state index contributed by atoms with van der Waals surface area (Å²) in [6.45, 7) is 3.57. The molecule has 2 aliphatic heterocycles. The number of rotatable bonds is 6. The van der Waals surface area contributed by atoms with E-state index in [0.717, 1.165) is 61.9 Å². The van der Waals surface area contributed by atoms with E-state index in [-0.39, 0.29) is 18.3 Å². The molecule has 34 heavy (non-hydrogen) atoms. The van der Waals surface area contributed by atoms with Gasteiger partial charge in [-0.2, -0.15) is 0 Å². The van der Waals surface area contributed by atoms with Gasteiger partial charge in [0, 0.05) is 43.9 Å². The van der Waals surface area contributed by atoms with E-state index in [1.807, 2.05) is 0 Å². The Balaban J connectivity index is 1.36. The van der Waals surface area contributed by atoms with Crippen LogP contribution in [0.3, 0.4) is 0 Å². The monoisotopic (exact) mass is 464 g/mol. The highest BCUT2D eigenvalue weighted by Crippen LogP contribution is 2.36. The van der Waals surface area contributed by atoms with Gasteiger partial charge < -0.3 is 25.0 Å². The highest BCUT2D eigenvalue weighted by atomic mass is 19.1. The average Bonchev–Trinajstić information content (AvgIpc) is 3.27. The van der Waals surface area contributed by atoms with Crippen LogP contribution >= 0.6 is 0 Å². The fourth-order valence-electron chi connectivity index (χ4n) is 4.56. The van der Waals surface area contributed by atoms with Gasteiger partial charge >= 0.3 is 0 Å². The van der Waals surface area contributed by atoms with Gasteiger partial charge in [-0.3, -0.25) is 4.79 Å². The molecule has 2 N–H and O–H groups in total. The van der Waals surface area contributed by atoms with E-state index in [4.69, 9.17) is 4.98 Å². The summed E-state index contributed by atoms with van der Waals surface area (Å²) < 4.78 is 15.7. The molecule has 0 atom stereocenters. The van der Waals surface area contributed by atoms with Gasteiger partial charge in [0.05, 0.1) is 12.2 Å². The summed E-state index contributed by atoms with van der Waals surface area (Å²) in [5.41, 5.74) is 2.44. The number of aromatic nitrogens is 4. The smallest absolute Gasteiger partial charge is 0.243 e. The number of nitrogens with zero attached hydrogens (tertiary/aromatic N) is 6. The Morgan fingerprint density at radius 2 is 1.91 bits per heavy atom. The lowest BCUT2D eigenvalue weighted by Gasteiger charge is -2.34. The summed E-state index contributed by atoms with van der Waals surface area (Å²) in [6.07, 6.45) is 5.46. The maximum absolute atomic E-state index is 13.4. The van der Waals surface area contributed by atoms with Gasteiger partial charge in [-0.15, -0.1) is 0 Å². The van der Waals surface area contributed by atoms with Crippen molar-refractivity contribution in [2.75, 3.05) is 55.8 Å². The highest BCUT2D eigenvalue weighted by Gasteiger charge is 2.29. The maximum Gasteiger partial charge on any atom is 0.243 e. The van der Waals surface area contributed by atoms with Crippen LogP contribution in [0.1, 0.15) is 24.6 Å². The fourth-order valence-corrected chi connectivity index (χ4v) is 4.56. The molecule has 1 amide bonds. The lowest BCUT2D eigenvalue weighted by Crippen LogP contribution is -2.37. The predicted molar refractivity (Wildman–Crippen MR) is 130 cm³/mol. The number of amides is 1. The number of carbonyl (C=O) groups excluding carboxylic acids is 1. The van der Waals surface area contributed by atoms with E-state index < -0.39 is 0 Å². The lowest BCUT2D eigenvalue weighted by atomic mass is 9.95. The Hall–Kier alpha value is -3.53. The molecule has 0 aliphatic carbocycles. The van der Waals surface area contributed by atoms with Crippen molar-refractivity contribution in [1.82, 2.24) is 24.4 Å². The minimum atomic E-state index is -0.248. The van der Waals surface area contributed by atoms with Gasteiger partial charge in [-0.05, 0) is 51.2 Å². The van der Waals surface area contributed by atoms with Crippen molar-refractivity contribution in [2.45, 2.75) is 25.3 Å². The minimum Gasteiger partial charge on any atom is -0.359 e. The maximum atomic E-state index is 13.4. The molecule has 10 heteroatoms. The van der Waals surface area contributed by atoms with Crippen molar-refractivity contribution in [3.05, 3.63) is 48.4 Å². The third-order valence-corrected chi connectivity index (χ3v) is 6.40. The number of fused-ring (bicyclic) bond motifs is 1. The van der Waals surface area contributed by atoms with E-state index in [2.05, 4.69) is 55.3 Å². The van der Waals surface area contributed by atoms with Gasteiger partial charge in [-0.25, -0.2) is 19.3 Å². The molecule has 0 spiro atoms. The van der Waals surface area contributed by atoms with E-state index in [1.165, 1.54) is 18.5 Å². The third kappa shape index (κ3) is 4.58. The highest BCUT2D eigenvalue weighted by molar-refractivity contribution is 6.02. The second-order valence-electron chi connectivity index (χ2n) is 9.07. The first-order chi connectivity index (χ1) is 16.5. The Kier molecular flexibility index (Phi) is 6.14. The zero-order valence-electron chi connectivity index (χ0n) is 19.5. The molecule has 4 heterocycles. The van der Waals surface area contributed by atoms with Gasteiger partial charge in [0.2, 0.25) is 5.91 Å². The van der Waals surface area contributed by atoms with E-state index in [0.29, 0.717) is 17.4 Å². The van der Waals surface area contributed by atoms with Gasteiger partial charge in [0.15, 0.2) is 11.6 Å². The number of nitrogens with one attached hydrogen (secondary N) is 2. The number of halogens is 1. The van der Waals surface area contributed by atoms with Crippen LogP contribution in [0.25, 0.3) is 11.3 Å². The number of piperidine rings is 1. The molecule has 1 fully saturated rings. The molecule has 0 unspecified atom stereocenters. The van der Waals surface area contributed by atoms with E-state index in [1.54, 1.807) is 12.1 Å². The Morgan fingerprint density at radius 1 is 1.15 bits per heavy atom. The van der Waals surface area contributed by atoms with Crippen molar-refractivity contribution in [1.29, 1.82) is 0 Å². The van der Waals surface area contributed by atoms with Crippen molar-refractivity contribution < 1.29 is 9.18 Å². The normalized spacial score (nSPS) is 16.4. The standard InChI is InChI=1S/C24H29FN8O/c1-31(2)11-12-33-14-19(16-3-5-18(25)6-4-16)29-23(33)17-7-9-32(10-8-17)24-21-22(27-15-28-24)26-13-20(34)30-21/h3-6,14-15,17H,7-13H2,1-2H3,(H,30,34)(H,26,27,28). The van der Waals surface area contributed by atoms with E-state index in [9.17, 15) is 9.18 Å². The molecule has 2 aliphatic rings. The molecule has 1 aromatic carbocycles. The Morgan fingerprint density at radius 3 is 2.65 bits per heavy atom. The summed E-state index contributed by atoms with van der Waals surface area (Å²) in [4.78, 5) is 30.0. The topological polar surface area (TPSA) is 91.2 Å². The molecule has 1 saturated heterocycles. The zero-order chi connectivity index (χ0) is 23.7. The molecule has 9 nitrogen and oxygen atoms in total. The Labute approximate surface area is 198 Å². The van der Waals surface area contributed by atoms with Crippen LogP contribution in [0.4, 0.5) is 21.7 Å². The van der Waals surface area contributed by atoms with E-state index >= 15 is 0 Å². The molecule has 0 bridgehead atoms. The number of likely N-dealkylation sites (N-methyl/N-ethyl adjacent to an activating group) is 1. The summed E-state index contributed by atoms with van der Waals surface area (Å²) in [6, 6.07) is 6.51. The first-order valence-electron chi connectivity index (χ1n) is 11.6. The number of hydrogen-bond donors (Lipinski definition) is 2. The van der Waals surface area contributed by atoms with Crippen molar-refractivity contribution in [3.8, 4) is 11.3 Å². The molecule has 0 radical (unpaired) electrons. The van der Waals surface area contributed by atoms with Crippen LogP contribution in [0.2, 0.25) is 0 Å². The fraction of sp³-hybridized carbons (Fsp3) is 0.417. The number of hydrogen-bond acceptors (Lipinski definition) is 7. The summed E-state index contributed by atoms with van der Waals surface area (Å²) in [5, 5.41) is 5.96. The lowest BCUT2D eigenvalue weighted by molar-refractivity contribution is -0.114. The SMILES string of the molecule is CN(C)CCn1cc(-c2ccc(F)cc2)nc1C1CCN(c2ncnc3c2NC(=O)CN3)CC1. The number of imidazole rings is 1. The number of carbonyl (C=O) groups is 1. The van der Waals surface area contributed by atoms with Gasteiger partial charge in [-0.1, -0.05) is 0 Å². The summed E-state index contributed by atoms with van der Waals surface area (Å²) in [7, 11) is 4.12. The second-order valence-corrected chi connectivity index (χ2v) is 9.07. The molecule has 5 rings (SSSR count). The van der Waals surface area contributed by atoms with Crippen molar-refractivity contribution in [2.24, 2.45) is 0 Å². The summed E-state index contributed by atoms with van der Waals surface area (Å²) >= 11 is 0. The molecular formula is C24H29FN8O. The largest absolute Gasteiger partial charge is 0.359 e. The van der Waals surface area contributed by atoms with Gasteiger partial charge in [0.25, 0.3) is 0 Å². The predicted octanol–water partition coefficient (Wildman–Crippen LogP) is 2.79. The van der Waals surface area contributed by atoms with Crippen LogP contribution in [0.5, 0.6) is 0 Å². The first-order valence-corrected chi connectivity index (χ1v) is 11.6. The summed E-state index contributed by atoms with van der Waals surface area (Å²) in [5.74, 6) is 2.46. The van der Waals surface area contributed by atoms with Crippen molar-refractivity contribution >= 4 is 23.2 Å². The minimum absolute atomic E-state index is 0.0883. The van der Waals surface area contributed by atoms with Crippen LogP contribution in [-0.2, 0) is 11.3 Å². The average molecular weight is 465 g/mol. The second kappa shape index (κ2) is 9.38. The number of anilines is 3. The molecule has 178 valence electrons. The van der Waals surface area contributed by atoms with Crippen LogP contribution < -0.4 is 15.5 Å². The van der Waals surface area contributed by atoms with Crippen LogP contribution in [-0.4, -0.2) is 70.6 Å². The Bertz CT molecular complexity index is 1170. The zero-order valence-corrected chi connectivity index (χ0v) is 19.5. The quantitative estimate of drug-likeness (QED) is 0.580. The number of benzene rings is 1. The van der Waals surface area contributed by atoms with Gasteiger partial charge in [0.1, 0.15) is 23.7 Å². The molecule has 0 saturated carbocycles. The van der Waals surface area contributed by atoms with Crippen molar-refractivity contribution in [3.63, 3.8) is 0 Å². The third-order valence-electron chi connectivity index (χ3n) is 6.40. The molecule has 2 aromatic heterocycles. The molecular weight excluding hydrogens is 435 g/mol. The van der Waals surface area contributed by atoms with Crippen LogP contribution in [0, 0.1) is 5.82 Å². The van der Waals surface area contributed by atoms with Crippen LogP contribution in [0.15, 0.2) is 36.8 Å². The first kappa shape index (κ1) is 22.3.